The third-order valence-corrected chi connectivity index (χ3v) is 2.97. The van der Waals surface area contributed by atoms with Gasteiger partial charge in [-0.1, -0.05) is 33.8 Å². The predicted molar refractivity (Wildman–Crippen MR) is 78.9 cm³/mol. The molecule has 2 nitrogen and oxygen atoms in total. The van der Waals surface area contributed by atoms with Crippen LogP contribution in [0.25, 0.3) is 0 Å². The van der Waals surface area contributed by atoms with Crippen LogP contribution >= 0.6 is 0 Å². The molecule has 0 radical (unpaired) electrons. The number of hydrogen-bond acceptors (Lipinski definition) is 2. The maximum Gasteiger partial charge on any atom is 0.146 e. The van der Waals surface area contributed by atoms with Crippen molar-refractivity contribution < 1.29 is 9.50 Å². The van der Waals surface area contributed by atoms with Gasteiger partial charge in [0.25, 0.3) is 0 Å². The summed E-state index contributed by atoms with van der Waals surface area (Å²) in [6, 6.07) is 5.02. The van der Waals surface area contributed by atoms with Gasteiger partial charge in [0, 0.05) is 13.1 Å². The molecule has 0 spiro atoms. The molecule has 0 fully saturated rings. The van der Waals surface area contributed by atoms with E-state index >= 15 is 0 Å². The van der Waals surface area contributed by atoms with Gasteiger partial charge in [-0.3, -0.25) is 0 Å². The molecule has 1 N–H and O–H groups in total. The van der Waals surface area contributed by atoms with E-state index < -0.39 is 6.10 Å². The van der Waals surface area contributed by atoms with Gasteiger partial charge in [-0.15, -0.1) is 0 Å². The average Bonchev–Trinajstić information content (AvgIpc) is 2.26. The van der Waals surface area contributed by atoms with Gasteiger partial charge in [-0.2, -0.15) is 0 Å². The molecular formula is C16H26FNO. The molecule has 1 rings (SSSR count). The highest BCUT2D eigenvalue weighted by Gasteiger charge is 2.15. The third-order valence-electron chi connectivity index (χ3n) is 2.97. The molecule has 3 heteroatoms. The number of aliphatic hydroxyl groups excluding tert-OH is 1. The second kappa shape index (κ2) is 6.90. The summed E-state index contributed by atoms with van der Waals surface area (Å²) >= 11 is 0. The van der Waals surface area contributed by atoms with Crippen molar-refractivity contribution in [1.82, 2.24) is 0 Å². The van der Waals surface area contributed by atoms with Gasteiger partial charge in [0.15, 0.2) is 0 Å². The fraction of sp³-hybridized carbons (Fsp3) is 0.625. The molecule has 0 aliphatic heterocycles. The normalized spacial score (nSPS) is 13.1. The lowest BCUT2D eigenvalue weighted by atomic mass is 10.1. The summed E-state index contributed by atoms with van der Waals surface area (Å²) in [5.74, 6) is 0.712. The molecule has 0 unspecified atom stereocenters. The third kappa shape index (κ3) is 4.83. The first-order valence-electron chi connectivity index (χ1n) is 7.03. The van der Waals surface area contributed by atoms with E-state index in [-0.39, 0.29) is 5.82 Å². The van der Waals surface area contributed by atoms with Crippen LogP contribution in [0.1, 0.15) is 46.3 Å². The van der Waals surface area contributed by atoms with Gasteiger partial charge in [0.2, 0.25) is 0 Å². The zero-order chi connectivity index (χ0) is 14.6. The SMILES string of the molecule is CC(C)CN(CC(C)C)c1ccc([C@@H](C)O)cc1F. The van der Waals surface area contributed by atoms with E-state index in [1.54, 1.807) is 19.1 Å². The molecule has 0 heterocycles. The van der Waals surface area contributed by atoms with Crippen molar-refractivity contribution in [2.24, 2.45) is 11.8 Å². The number of benzene rings is 1. The van der Waals surface area contributed by atoms with Crippen LogP contribution in [0.4, 0.5) is 10.1 Å². The van der Waals surface area contributed by atoms with Gasteiger partial charge >= 0.3 is 0 Å². The Kier molecular flexibility index (Phi) is 5.80. The Labute approximate surface area is 116 Å². The molecule has 0 aliphatic rings. The number of rotatable bonds is 6. The topological polar surface area (TPSA) is 23.5 Å². The molecule has 1 atom stereocenters. The molecule has 0 saturated carbocycles. The van der Waals surface area contributed by atoms with Crippen molar-refractivity contribution >= 4 is 5.69 Å². The summed E-state index contributed by atoms with van der Waals surface area (Å²) in [7, 11) is 0. The minimum atomic E-state index is -0.632. The van der Waals surface area contributed by atoms with Crippen molar-refractivity contribution in [3.05, 3.63) is 29.6 Å². The summed E-state index contributed by atoms with van der Waals surface area (Å²) in [6.07, 6.45) is -0.632. The zero-order valence-corrected chi connectivity index (χ0v) is 12.7. The van der Waals surface area contributed by atoms with E-state index in [1.165, 1.54) is 6.07 Å². The van der Waals surface area contributed by atoms with Crippen molar-refractivity contribution in [2.45, 2.75) is 40.7 Å². The van der Waals surface area contributed by atoms with Crippen LogP contribution < -0.4 is 4.90 Å². The maximum absolute atomic E-state index is 14.2. The highest BCUT2D eigenvalue weighted by molar-refractivity contribution is 5.49. The van der Waals surface area contributed by atoms with Crippen molar-refractivity contribution in [3.8, 4) is 0 Å². The molecule has 0 saturated heterocycles. The summed E-state index contributed by atoms with van der Waals surface area (Å²) < 4.78 is 14.2. The molecule has 0 amide bonds. The number of hydrogen-bond donors (Lipinski definition) is 1. The average molecular weight is 267 g/mol. The van der Waals surface area contributed by atoms with E-state index in [0.717, 1.165) is 13.1 Å². The lowest BCUT2D eigenvalue weighted by Gasteiger charge is -2.29. The quantitative estimate of drug-likeness (QED) is 0.842. The zero-order valence-electron chi connectivity index (χ0n) is 12.7. The summed E-state index contributed by atoms with van der Waals surface area (Å²) in [5, 5.41) is 9.49. The summed E-state index contributed by atoms with van der Waals surface area (Å²) in [6.45, 7) is 11.9. The van der Waals surface area contributed by atoms with Crippen LogP contribution in [-0.2, 0) is 0 Å². The molecule has 0 aromatic heterocycles. The fourth-order valence-electron chi connectivity index (χ4n) is 2.19. The summed E-state index contributed by atoms with van der Waals surface area (Å²) in [4.78, 5) is 2.09. The smallest absolute Gasteiger partial charge is 0.146 e. The molecule has 1 aromatic rings. The Balaban J connectivity index is 3.01. The summed E-state index contributed by atoms with van der Waals surface area (Å²) in [5.41, 5.74) is 1.25. The van der Waals surface area contributed by atoms with Crippen LogP contribution in [0.3, 0.4) is 0 Å². The Morgan fingerprint density at radius 3 is 1.95 bits per heavy atom. The Morgan fingerprint density at radius 2 is 1.58 bits per heavy atom. The molecule has 0 bridgehead atoms. The van der Waals surface area contributed by atoms with Crippen molar-refractivity contribution in [2.75, 3.05) is 18.0 Å². The monoisotopic (exact) mass is 267 g/mol. The maximum atomic E-state index is 14.2. The first-order chi connectivity index (χ1) is 8.81. The van der Waals surface area contributed by atoms with E-state index in [0.29, 0.717) is 23.1 Å². The predicted octanol–water partition coefficient (Wildman–Crippen LogP) is 4.00. The minimum absolute atomic E-state index is 0.250. The van der Waals surface area contributed by atoms with Crippen molar-refractivity contribution in [1.29, 1.82) is 0 Å². The van der Waals surface area contributed by atoms with Crippen LogP contribution in [-0.4, -0.2) is 18.2 Å². The van der Waals surface area contributed by atoms with Crippen LogP contribution in [0.15, 0.2) is 18.2 Å². The first kappa shape index (κ1) is 16.0. The number of aliphatic hydroxyl groups is 1. The van der Waals surface area contributed by atoms with Gasteiger partial charge in [0.1, 0.15) is 5.82 Å². The second-order valence-electron chi connectivity index (χ2n) is 6.08. The molecule has 108 valence electrons. The van der Waals surface area contributed by atoms with Crippen molar-refractivity contribution in [3.63, 3.8) is 0 Å². The Hall–Kier alpha value is -1.09. The largest absolute Gasteiger partial charge is 0.389 e. The lowest BCUT2D eigenvalue weighted by molar-refractivity contribution is 0.199. The van der Waals surface area contributed by atoms with Gasteiger partial charge < -0.3 is 10.0 Å². The molecule has 0 aliphatic carbocycles. The number of halogens is 1. The fourth-order valence-corrected chi connectivity index (χ4v) is 2.19. The standard InChI is InChI=1S/C16H26FNO/c1-11(2)9-18(10-12(3)4)16-7-6-14(13(5)19)8-15(16)17/h6-8,11-13,19H,9-10H2,1-5H3/t13-/m1/s1. The molecule has 1 aromatic carbocycles. The number of nitrogens with zero attached hydrogens (tertiary/aromatic N) is 1. The number of anilines is 1. The van der Waals surface area contributed by atoms with E-state index in [2.05, 4.69) is 32.6 Å². The Bertz CT molecular complexity index is 392. The van der Waals surface area contributed by atoms with Crippen LogP contribution in [0.5, 0.6) is 0 Å². The highest BCUT2D eigenvalue weighted by atomic mass is 19.1. The van der Waals surface area contributed by atoms with Crippen LogP contribution in [0, 0.1) is 17.7 Å². The van der Waals surface area contributed by atoms with Crippen LogP contribution in [0.2, 0.25) is 0 Å². The van der Waals surface area contributed by atoms with Gasteiger partial charge in [0.05, 0.1) is 11.8 Å². The van der Waals surface area contributed by atoms with E-state index in [1.807, 2.05) is 0 Å². The molecular weight excluding hydrogens is 241 g/mol. The molecule has 19 heavy (non-hydrogen) atoms. The minimum Gasteiger partial charge on any atom is -0.389 e. The van der Waals surface area contributed by atoms with E-state index in [4.69, 9.17) is 0 Å². The highest BCUT2D eigenvalue weighted by Crippen LogP contribution is 2.25. The van der Waals surface area contributed by atoms with Gasteiger partial charge in [-0.25, -0.2) is 4.39 Å². The van der Waals surface area contributed by atoms with E-state index in [9.17, 15) is 9.50 Å². The Morgan fingerprint density at radius 1 is 1.05 bits per heavy atom. The first-order valence-corrected chi connectivity index (χ1v) is 7.03. The van der Waals surface area contributed by atoms with Gasteiger partial charge in [-0.05, 0) is 36.5 Å². The lowest BCUT2D eigenvalue weighted by Crippen LogP contribution is -2.32. The second-order valence-corrected chi connectivity index (χ2v) is 6.08.